The number of hydrogen-bond acceptors (Lipinski definition) is 9. The summed E-state index contributed by atoms with van der Waals surface area (Å²) in [5.41, 5.74) is 11.8. The van der Waals surface area contributed by atoms with Gasteiger partial charge < -0.3 is 25.7 Å². The Kier molecular flexibility index (Phi) is 11.5. The van der Waals surface area contributed by atoms with E-state index >= 15 is 0 Å². The van der Waals surface area contributed by atoms with Crippen LogP contribution in [0.5, 0.6) is 0 Å². The van der Waals surface area contributed by atoms with Crippen LogP contribution < -0.4 is 11.5 Å². The molecule has 0 aromatic heterocycles. The SMILES string of the molecule is CC[C@H](C)[C@H](N)C(=O)OC[C@@H]1SC(CC=O)S[C@@H]1COC(=O)[C@@H](N)[C@@H](C)CC. The molecular weight excluding hydrogens is 400 g/mol. The van der Waals surface area contributed by atoms with E-state index in [-0.39, 0.29) is 40.1 Å². The lowest BCUT2D eigenvalue weighted by Gasteiger charge is -2.22. The largest absolute Gasteiger partial charge is 0.463 e. The third-order valence-electron chi connectivity index (χ3n) is 5.19. The average Bonchev–Trinajstić information content (AvgIpc) is 3.09. The normalized spacial score (nSPS) is 26.1. The molecule has 0 saturated carbocycles. The van der Waals surface area contributed by atoms with E-state index < -0.39 is 24.0 Å². The molecule has 1 aliphatic rings. The Labute approximate surface area is 176 Å². The van der Waals surface area contributed by atoms with Crippen LogP contribution in [0.3, 0.4) is 0 Å². The number of carbonyl (C=O) groups excluding carboxylic acids is 3. The third-order valence-corrected chi connectivity index (χ3v) is 8.65. The molecule has 7 atom stereocenters. The van der Waals surface area contributed by atoms with Gasteiger partial charge in [0.05, 0.1) is 15.1 Å². The van der Waals surface area contributed by atoms with E-state index in [0.717, 1.165) is 19.1 Å². The van der Waals surface area contributed by atoms with Gasteiger partial charge in [-0.2, -0.15) is 0 Å². The minimum atomic E-state index is -0.653. The first-order chi connectivity index (χ1) is 13.2. The van der Waals surface area contributed by atoms with Gasteiger partial charge in [-0.25, -0.2) is 0 Å². The predicted molar refractivity (Wildman–Crippen MR) is 114 cm³/mol. The van der Waals surface area contributed by atoms with Crippen molar-refractivity contribution in [2.45, 2.75) is 74.1 Å². The first kappa shape index (κ1) is 25.3. The summed E-state index contributed by atoms with van der Waals surface area (Å²) in [6.45, 7) is 8.12. The molecular formula is C19H34N2O5S2. The van der Waals surface area contributed by atoms with Gasteiger partial charge in [0.2, 0.25) is 0 Å². The molecule has 4 N–H and O–H groups in total. The van der Waals surface area contributed by atoms with Gasteiger partial charge in [0.25, 0.3) is 0 Å². The van der Waals surface area contributed by atoms with Crippen LogP contribution in [-0.2, 0) is 23.9 Å². The van der Waals surface area contributed by atoms with Crippen LogP contribution in [0.1, 0.15) is 47.0 Å². The second-order valence-electron chi connectivity index (χ2n) is 7.26. The van der Waals surface area contributed by atoms with E-state index in [1.807, 2.05) is 27.7 Å². The Bertz CT molecular complexity index is 483. The molecule has 7 nitrogen and oxygen atoms in total. The van der Waals surface area contributed by atoms with Crippen LogP contribution in [0.25, 0.3) is 0 Å². The molecule has 0 spiro atoms. The van der Waals surface area contributed by atoms with Crippen molar-refractivity contribution in [1.29, 1.82) is 0 Å². The molecule has 0 aliphatic carbocycles. The highest BCUT2D eigenvalue weighted by molar-refractivity contribution is 8.20. The summed E-state index contributed by atoms with van der Waals surface area (Å²) >= 11 is 3.15. The van der Waals surface area contributed by atoms with Gasteiger partial charge in [-0.3, -0.25) is 9.59 Å². The second kappa shape index (κ2) is 12.7. The van der Waals surface area contributed by atoms with Crippen LogP contribution in [0, 0.1) is 11.8 Å². The van der Waals surface area contributed by atoms with E-state index in [9.17, 15) is 14.4 Å². The average molecular weight is 435 g/mol. The summed E-state index contributed by atoms with van der Waals surface area (Å²) in [6.07, 6.45) is 2.85. The summed E-state index contributed by atoms with van der Waals surface area (Å²) in [5.74, 6) is -0.763. The lowest BCUT2D eigenvalue weighted by Crippen LogP contribution is -2.41. The summed E-state index contributed by atoms with van der Waals surface area (Å²) in [4.78, 5) is 35.2. The number of ether oxygens (including phenoxy) is 2. The maximum Gasteiger partial charge on any atom is 0.323 e. The number of esters is 2. The Morgan fingerprint density at radius 1 is 0.929 bits per heavy atom. The van der Waals surface area contributed by atoms with Gasteiger partial charge >= 0.3 is 11.9 Å². The minimum absolute atomic E-state index is 0.0414. The molecule has 0 aromatic rings. The Balaban J connectivity index is 2.62. The summed E-state index contributed by atoms with van der Waals surface area (Å²) < 4.78 is 10.9. The molecule has 0 amide bonds. The molecule has 1 unspecified atom stereocenters. The smallest absolute Gasteiger partial charge is 0.323 e. The number of rotatable bonds is 12. The fourth-order valence-electron chi connectivity index (χ4n) is 2.57. The monoisotopic (exact) mass is 434 g/mol. The van der Waals surface area contributed by atoms with Crippen molar-refractivity contribution in [2.75, 3.05) is 13.2 Å². The molecule has 1 saturated heterocycles. The van der Waals surface area contributed by atoms with Crippen LogP contribution in [-0.4, -0.2) is 58.6 Å². The summed E-state index contributed by atoms with van der Waals surface area (Å²) in [5, 5.41) is -0.147. The topological polar surface area (TPSA) is 122 Å². The lowest BCUT2D eigenvalue weighted by molar-refractivity contribution is -0.148. The third kappa shape index (κ3) is 7.57. The van der Waals surface area contributed by atoms with Crippen LogP contribution >= 0.6 is 23.5 Å². The van der Waals surface area contributed by atoms with Gasteiger partial charge in [0, 0.05) is 6.42 Å². The van der Waals surface area contributed by atoms with E-state index in [4.69, 9.17) is 20.9 Å². The molecule has 162 valence electrons. The van der Waals surface area contributed by atoms with E-state index in [1.54, 1.807) is 23.5 Å². The van der Waals surface area contributed by atoms with Gasteiger partial charge in [0.1, 0.15) is 31.6 Å². The molecule has 1 rings (SSSR count). The molecule has 0 aromatic carbocycles. The highest BCUT2D eigenvalue weighted by Crippen LogP contribution is 2.45. The van der Waals surface area contributed by atoms with Crippen molar-refractivity contribution in [3.8, 4) is 0 Å². The van der Waals surface area contributed by atoms with E-state index in [0.29, 0.717) is 6.42 Å². The molecule has 1 fully saturated rings. The maximum absolute atomic E-state index is 12.2. The first-order valence-corrected chi connectivity index (χ1v) is 11.7. The van der Waals surface area contributed by atoms with Crippen LogP contribution in [0.15, 0.2) is 0 Å². The highest BCUT2D eigenvalue weighted by Gasteiger charge is 2.38. The predicted octanol–water partition coefficient (Wildman–Crippen LogP) is 1.95. The minimum Gasteiger partial charge on any atom is -0.463 e. The van der Waals surface area contributed by atoms with Crippen LogP contribution in [0.2, 0.25) is 0 Å². The van der Waals surface area contributed by atoms with Gasteiger partial charge in [-0.15, -0.1) is 23.5 Å². The van der Waals surface area contributed by atoms with Gasteiger partial charge in [0.15, 0.2) is 0 Å². The van der Waals surface area contributed by atoms with Crippen molar-refractivity contribution in [1.82, 2.24) is 0 Å². The molecule has 0 bridgehead atoms. The van der Waals surface area contributed by atoms with Crippen molar-refractivity contribution in [3.05, 3.63) is 0 Å². The fourth-order valence-corrected chi connectivity index (χ4v) is 6.03. The zero-order chi connectivity index (χ0) is 21.3. The van der Waals surface area contributed by atoms with Gasteiger partial charge in [-0.05, 0) is 11.8 Å². The Morgan fingerprint density at radius 2 is 1.32 bits per heavy atom. The Hall–Kier alpha value is -0.770. The zero-order valence-electron chi connectivity index (χ0n) is 17.2. The summed E-state index contributed by atoms with van der Waals surface area (Å²) in [7, 11) is 0. The molecule has 1 aliphatic heterocycles. The van der Waals surface area contributed by atoms with Crippen LogP contribution in [0.4, 0.5) is 0 Å². The molecule has 0 radical (unpaired) electrons. The van der Waals surface area contributed by atoms with E-state index in [1.165, 1.54) is 0 Å². The standard InChI is InChI=1S/C19H34N2O5S2/c1-5-11(3)16(20)18(23)25-9-13-14(28-15(27-13)7-8-22)10-26-19(24)17(21)12(4)6-2/h8,11-17H,5-7,9-10,20-21H2,1-4H3/t11-,12-,13-,14+,15?,16-,17-/m0/s1. The molecule has 9 heteroatoms. The number of nitrogens with two attached hydrogens (primary N) is 2. The Morgan fingerprint density at radius 3 is 1.64 bits per heavy atom. The van der Waals surface area contributed by atoms with Crippen molar-refractivity contribution >= 4 is 41.7 Å². The highest BCUT2D eigenvalue weighted by atomic mass is 32.2. The number of hydrogen-bond donors (Lipinski definition) is 2. The quantitative estimate of drug-likeness (QED) is 0.350. The van der Waals surface area contributed by atoms with Crippen molar-refractivity contribution in [2.24, 2.45) is 23.3 Å². The summed E-state index contributed by atoms with van der Waals surface area (Å²) in [6, 6.07) is -1.31. The second-order valence-corrected chi connectivity index (χ2v) is 10.5. The van der Waals surface area contributed by atoms with E-state index in [2.05, 4.69) is 0 Å². The first-order valence-electron chi connectivity index (χ1n) is 9.83. The molecule has 28 heavy (non-hydrogen) atoms. The number of thioether (sulfide) groups is 2. The molecule has 1 heterocycles. The number of carbonyl (C=O) groups is 3. The fraction of sp³-hybridized carbons (Fsp3) is 0.842. The lowest BCUT2D eigenvalue weighted by atomic mass is 10.0. The van der Waals surface area contributed by atoms with Gasteiger partial charge in [-0.1, -0.05) is 40.5 Å². The van der Waals surface area contributed by atoms with Crippen molar-refractivity contribution in [3.63, 3.8) is 0 Å². The number of aldehydes is 1. The van der Waals surface area contributed by atoms with Crippen molar-refractivity contribution < 1.29 is 23.9 Å². The zero-order valence-corrected chi connectivity index (χ0v) is 18.8. The maximum atomic E-state index is 12.2.